The largest absolute Gasteiger partial charge is 0.315 e. The van der Waals surface area contributed by atoms with E-state index < -0.39 is 0 Å². The maximum atomic E-state index is 3.45. The predicted molar refractivity (Wildman–Crippen MR) is 72.9 cm³/mol. The van der Waals surface area contributed by atoms with Crippen molar-refractivity contribution in [1.82, 2.24) is 21.1 Å². The summed E-state index contributed by atoms with van der Waals surface area (Å²) in [5, 5.41) is 3.45. The van der Waals surface area contributed by atoms with Gasteiger partial charge >= 0.3 is 0 Å². The highest BCUT2D eigenvalue weighted by atomic mass is 15.5. The molecule has 0 saturated carbocycles. The lowest BCUT2D eigenvalue weighted by atomic mass is 10.0. The molecule has 3 N–H and O–H groups in total. The molecule has 1 aromatic rings. The first-order chi connectivity index (χ1) is 8.93. The van der Waals surface area contributed by atoms with Crippen LogP contribution in [0.4, 0.5) is 0 Å². The number of hydrazine groups is 1. The van der Waals surface area contributed by atoms with Crippen molar-refractivity contribution in [3.63, 3.8) is 0 Å². The molecule has 0 radical (unpaired) electrons. The Morgan fingerprint density at radius 2 is 1.89 bits per heavy atom. The third-order valence-corrected chi connectivity index (χ3v) is 3.90. The molecular weight excluding hydrogens is 224 g/mol. The summed E-state index contributed by atoms with van der Waals surface area (Å²) >= 11 is 0. The van der Waals surface area contributed by atoms with Gasteiger partial charge in [-0.2, -0.15) is 0 Å². The lowest BCUT2D eigenvalue weighted by Gasteiger charge is -2.26. The van der Waals surface area contributed by atoms with Crippen molar-refractivity contribution in [3.05, 3.63) is 35.9 Å². The Labute approximate surface area is 109 Å². The van der Waals surface area contributed by atoms with Crippen molar-refractivity contribution < 1.29 is 0 Å². The summed E-state index contributed by atoms with van der Waals surface area (Å²) in [6, 6.07) is 11.1. The topological polar surface area (TPSA) is 39.3 Å². The van der Waals surface area contributed by atoms with Crippen LogP contribution >= 0.6 is 0 Å². The average Bonchev–Trinajstić information content (AvgIpc) is 2.76. The standard InChI is InChI=1S/C14H22N4/c1-2-5-12(6-3-1)13-11-14(17-16-13)18-9-4-7-15-8-10-18/h1-3,5-6,13-17H,4,7-11H2. The van der Waals surface area contributed by atoms with Gasteiger partial charge in [0.25, 0.3) is 0 Å². The fraction of sp³-hybridized carbons (Fsp3) is 0.571. The van der Waals surface area contributed by atoms with Crippen LogP contribution in [0.25, 0.3) is 0 Å². The van der Waals surface area contributed by atoms with Gasteiger partial charge in [-0.15, -0.1) is 0 Å². The molecule has 0 bridgehead atoms. The van der Waals surface area contributed by atoms with E-state index in [1.807, 2.05) is 0 Å². The van der Waals surface area contributed by atoms with E-state index in [1.165, 1.54) is 18.5 Å². The van der Waals surface area contributed by atoms with Crippen molar-refractivity contribution in [2.45, 2.75) is 25.0 Å². The van der Waals surface area contributed by atoms with Crippen LogP contribution in [-0.2, 0) is 0 Å². The maximum Gasteiger partial charge on any atom is 0.0748 e. The van der Waals surface area contributed by atoms with Crippen LogP contribution in [-0.4, -0.2) is 37.2 Å². The maximum absolute atomic E-state index is 3.45. The lowest BCUT2D eigenvalue weighted by Crippen LogP contribution is -2.45. The average molecular weight is 246 g/mol. The summed E-state index contributed by atoms with van der Waals surface area (Å²) in [4.78, 5) is 2.55. The molecule has 2 atom stereocenters. The lowest BCUT2D eigenvalue weighted by molar-refractivity contribution is 0.187. The van der Waals surface area contributed by atoms with Gasteiger partial charge in [0.1, 0.15) is 0 Å². The first kappa shape index (κ1) is 12.1. The van der Waals surface area contributed by atoms with Crippen LogP contribution in [0, 0.1) is 0 Å². The van der Waals surface area contributed by atoms with Crippen LogP contribution in [0.2, 0.25) is 0 Å². The molecule has 2 aliphatic rings. The Kier molecular flexibility index (Phi) is 3.90. The fourth-order valence-electron chi connectivity index (χ4n) is 2.86. The molecule has 18 heavy (non-hydrogen) atoms. The van der Waals surface area contributed by atoms with E-state index in [-0.39, 0.29) is 0 Å². The van der Waals surface area contributed by atoms with Crippen LogP contribution in [0.1, 0.15) is 24.4 Å². The molecule has 2 saturated heterocycles. The Morgan fingerprint density at radius 1 is 1.00 bits per heavy atom. The molecule has 2 fully saturated rings. The zero-order chi connectivity index (χ0) is 12.2. The van der Waals surface area contributed by atoms with E-state index in [9.17, 15) is 0 Å². The van der Waals surface area contributed by atoms with Crippen LogP contribution in [0.3, 0.4) is 0 Å². The number of nitrogens with one attached hydrogen (secondary N) is 3. The van der Waals surface area contributed by atoms with Gasteiger partial charge in [0, 0.05) is 25.7 Å². The highest BCUT2D eigenvalue weighted by Crippen LogP contribution is 2.23. The van der Waals surface area contributed by atoms with Gasteiger partial charge in [-0.05, 0) is 24.9 Å². The van der Waals surface area contributed by atoms with Gasteiger partial charge in [-0.3, -0.25) is 4.90 Å². The minimum absolute atomic E-state index is 0.437. The van der Waals surface area contributed by atoms with Crippen molar-refractivity contribution in [2.75, 3.05) is 26.2 Å². The van der Waals surface area contributed by atoms with Crippen molar-refractivity contribution in [2.24, 2.45) is 0 Å². The van der Waals surface area contributed by atoms with E-state index in [4.69, 9.17) is 0 Å². The molecule has 2 aliphatic heterocycles. The second-order valence-electron chi connectivity index (χ2n) is 5.14. The van der Waals surface area contributed by atoms with Gasteiger partial charge in [0.05, 0.1) is 6.17 Å². The number of hydrogen-bond donors (Lipinski definition) is 3. The molecule has 0 spiro atoms. The molecule has 2 heterocycles. The molecule has 1 aromatic carbocycles. The highest BCUT2D eigenvalue weighted by Gasteiger charge is 2.29. The van der Waals surface area contributed by atoms with E-state index in [0.29, 0.717) is 12.2 Å². The normalized spacial score (nSPS) is 30.2. The Balaban J connectivity index is 1.61. The minimum atomic E-state index is 0.437. The quantitative estimate of drug-likeness (QED) is 0.723. The summed E-state index contributed by atoms with van der Waals surface area (Å²) in [6.45, 7) is 4.58. The molecule has 98 valence electrons. The monoisotopic (exact) mass is 246 g/mol. The summed E-state index contributed by atoms with van der Waals surface area (Å²) in [5.74, 6) is 0. The third-order valence-electron chi connectivity index (χ3n) is 3.90. The van der Waals surface area contributed by atoms with Gasteiger partial charge in [-0.25, -0.2) is 10.9 Å². The second-order valence-corrected chi connectivity index (χ2v) is 5.14. The molecular formula is C14H22N4. The molecule has 0 aliphatic carbocycles. The zero-order valence-electron chi connectivity index (χ0n) is 10.7. The molecule has 0 amide bonds. The predicted octanol–water partition coefficient (Wildman–Crippen LogP) is 0.847. The second kappa shape index (κ2) is 5.80. The van der Waals surface area contributed by atoms with E-state index in [1.54, 1.807) is 0 Å². The number of hydrogen-bond acceptors (Lipinski definition) is 4. The molecule has 4 nitrogen and oxygen atoms in total. The Bertz CT molecular complexity index is 359. The minimum Gasteiger partial charge on any atom is -0.315 e. The van der Waals surface area contributed by atoms with Crippen LogP contribution in [0.5, 0.6) is 0 Å². The summed E-state index contributed by atoms with van der Waals surface area (Å²) < 4.78 is 0. The van der Waals surface area contributed by atoms with Crippen LogP contribution in [0.15, 0.2) is 30.3 Å². The van der Waals surface area contributed by atoms with Crippen LogP contribution < -0.4 is 16.2 Å². The van der Waals surface area contributed by atoms with Gasteiger partial charge < -0.3 is 5.32 Å². The Morgan fingerprint density at radius 3 is 2.78 bits per heavy atom. The molecule has 2 unspecified atom stereocenters. The summed E-state index contributed by atoms with van der Waals surface area (Å²) in [5.41, 5.74) is 8.25. The first-order valence-electron chi connectivity index (χ1n) is 6.94. The van der Waals surface area contributed by atoms with Crippen molar-refractivity contribution in [1.29, 1.82) is 0 Å². The SMILES string of the molecule is c1ccc(C2CC(N3CCCNCC3)NN2)cc1. The zero-order valence-corrected chi connectivity index (χ0v) is 10.7. The fourth-order valence-corrected chi connectivity index (χ4v) is 2.86. The van der Waals surface area contributed by atoms with E-state index >= 15 is 0 Å². The number of nitrogens with zero attached hydrogens (tertiary/aromatic N) is 1. The highest BCUT2D eigenvalue weighted by molar-refractivity contribution is 5.19. The van der Waals surface area contributed by atoms with Gasteiger partial charge in [-0.1, -0.05) is 30.3 Å². The number of benzene rings is 1. The third kappa shape index (κ3) is 2.72. The molecule has 3 rings (SSSR count). The smallest absolute Gasteiger partial charge is 0.0748 e. The Hall–Kier alpha value is -0.940. The number of rotatable bonds is 2. The summed E-state index contributed by atoms with van der Waals surface area (Å²) in [7, 11) is 0. The van der Waals surface area contributed by atoms with E-state index in [0.717, 1.165) is 26.1 Å². The summed E-state index contributed by atoms with van der Waals surface area (Å²) in [6.07, 6.45) is 2.85. The van der Waals surface area contributed by atoms with Gasteiger partial charge in [0.2, 0.25) is 0 Å². The van der Waals surface area contributed by atoms with Gasteiger partial charge in [0.15, 0.2) is 0 Å². The molecule has 0 aromatic heterocycles. The van der Waals surface area contributed by atoms with Crippen molar-refractivity contribution in [3.8, 4) is 0 Å². The van der Waals surface area contributed by atoms with Crippen molar-refractivity contribution >= 4 is 0 Å². The van der Waals surface area contributed by atoms with E-state index in [2.05, 4.69) is 51.4 Å². The first-order valence-corrected chi connectivity index (χ1v) is 6.94. The molecule has 4 heteroatoms.